The van der Waals surface area contributed by atoms with Gasteiger partial charge in [-0.1, -0.05) is 35.2 Å². The van der Waals surface area contributed by atoms with Crippen LogP contribution in [0.4, 0.5) is 11.5 Å². The van der Waals surface area contributed by atoms with Crippen molar-refractivity contribution < 1.29 is 0 Å². The molecule has 0 amide bonds. The highest BCUT2D eigenvalue weighted by Crippen LogP contribution is 2.29. The molecule has 0 atom stereocenters. The normalized spacial score (nSPS) is 10.9. The van der Waals surface area contributed by atoms with E-state index in [1.807, 2.05) is 55.6 Å². The SMILES string of the molecule is C=C(Cn1nnc2ccc(Nc3ccc(Cl)cc3)nc21)Sc1ccncc1C. The second kappa shape index (κ2) is 8.00. The second-order valence-electron chi connectivity index (χ2n) is 6.20. The molecule has 3 aromatic heterocycles. The first kappa shape index (κ1) is 18.5. The number of allylic oxidation sites excluding steroid dienone is 1. The number of nitrogens with zero attached hydrogens (tertiary/aromatic N) is 5. The third-order valence-corrected chi connectivity index (χ3v) is 5.37. The van der Waals surface area contributed by atoms with Crippen molar-refractivity contribution in [1.29, 1.82) is 0 Å². The van der Waals surface area contributed by atoms with E-state index in [1.165, 1.54) is 0 Å². The number of nitrogens with one attached hydrogen (secondary N) is 1. The van der Waals surface area contributed by atoms with Crippen LogP contribution in [0, 0.1) is 6.92 Å². The Morgan fingerprint density at radius 2 is 2.00 bits per heavy atom. The summed E-state index contributed by atoms with van der Waals surface area (Å²) >= 11 is 7.54. The van der Waals surface area contributed by atoms with Crippen molar-refractivity contribution in [3.8, 4) is 0 Å². The average molecular weight is 409 g/mol. The summed E-state index contributed by atoms with van der Waals surface area (Å²) < 4.78 is 1.76. The Hall–Kier alpha value is -2.90. The maximum Gasteiger partial charge on any atom is 0.180 e. The largest absolute Gasteiger partial charge is 0.340 e. The summed E-state index contributed by atoms with van der Waals surface area (Å²) in [6.45, 7) is 6.71. The topological polar surface area (TPSA) is 68.5 Å². The number of benzene rings is 1. The van der Waals surface area contributed by atoms with Crippen molar-refractivity contribution in [2.24, 2.45) is 0 Å². The molecule has 140 valence electrons. The summed E-state index contributed by atoms with van der Waals surface area (Å²) in [5.41, 5.74) is 3.46. The van der Waals surface area contributed by atoms with E-state index in [2.05, 4.69) is 32.2 Å². The quantitative estimate of drug-likeness (QED) is 0.440. The molecule has 0 aliphatic heterocycles. The lowest BCUT2D eigenvalue weighted by atomic mass is 10.3. The third-order valence-electron chi connectivity index (χ3n) is 4.03. The van der Waals surface area contributed by atoms with E-state index in [4.69, 9.17) is 11.6 Å². The van der Waals surface area contributed by atoms with Crippen molar-refractivity contribution in [3.05, 3.63) is 76.9 Å². The Kier molecular flexibility index (Phi) is 5.27. The minimum Gasteiger partial charge on any atom is -0.340 e. The molecular formula is C20H17ClN6S. The van der Waals surface area contributed by atoms with Crippen LogP contribution in [0.1, 0.15) is 5.56 Å². The molecule has 0 fully saturated rings. The third kappa shape index (κ3) is 4.16. The van der Waals surface area contributed by atoms with Gasteiger partial charge in [-0.05, 0) is 55.0 Å². The van der Waals surface area contributed by atoms with Gasteiger partial charge in [0.05, 0.1) is 6.54 Å². The fourth-order valence-electron chi connectivity index (χ4n) is 2.64. The van der Waals surface area contributed by atoms with Crippen molar-refractivity contribution in [3.63, 3.8) is 0 Å². The van der Waals surface area contributed by atoms with Gasteiger partial charge in [-0.3, -0.25) is 4.98 Å². The number of anilines is 2. The van der Waals surface area contributed by atoms with E-state index in [0.717, 1.165) is 26.6 Å². The van der Waals surface area contributed by atoms with Gasteiger partial charge in [-0.25, -0.2) is 9.67 Å². The molecule has 3 heterocycles. The second-order valence-corrected chi connectivity index (χ2v) is 7.86. The molecule has 0 bridgehead atoms. The fraction of sp³-hybridized carbons (Fsp3) is 0.100. The van der Waals surface area contributed by atoms with Gasteiger partial charge in [-0.2, -0.15) is 0 Å². The predicted molar refractivity (Wildman–Crippen MR) is 114 cm³/mol. The van der Waals surface area contributed by atoms with Crippen LogP contribution in [-0.2, 0) is 6.54 Å². The molecule has 8 heteroatoms. The van der Waals surface area contributed by atoms with Crippen molar-refractivity contribution >= 4 is 46.0 Å². The Labute approximate surface area is 171 Å². The monoisotopic (exact) mass is 408 g/mol. The minimum atomic E-state index is 0.514. The number of thioether (sulfide) groups is 1. The molecule has 0 aliphatic carbocycles. The Balaban J connectivity index is 1.53. The van der Waals surface area contributed by atoms with Gasteiger partial charge in [0.15, 0.2) is 5.65 Å². The molecule has 1 aromatic carbocycles. The highest BCUT2D eigenvalue weighted by atomic mass is 35.5. The Morgan fingerprint density at radius 3 is 2.79 bits per heavy atom. The molecule has 4 rings (SSSR count). The number of aromatic nitrogens is 5. The Morgan fingerprint density at radius 1 is 1.18 bits per heavy atom. The van der Waals surface area contributed by atoms with E-state index >= 15 is 0 Å². The molecule has 0 spiro atoms. The average Bonchev–Trinajstić information content (AvgIpc) is 3.07. The number of pyridine rings is 2. The maximum absolute atomic E-state index is 5.94. The van der Waals surface area contributed by atoms with Crippen LogP contribution in [0.2, 0.25) is 5.02 Å². The van der Waals surface area contributed by atoms with E-state index in [1.54, 1.807) is 22.6 Å². The van der Waals surface area contributed by atoms with Crippen molar-refractivity contribution in [1.82, 2.24) is 25.0 Å². The molecular weight excluding hydrogens is 392 g/mol. The van der Waals surface area contributed by atoms with Crippen LogP contribution in [-0.4, -0.2) is 25.0 Å². The maximum atomic E-state index is 5.94. The standard InChI is InChI=1S/C20H17ClN6S/c1-13-11-22-10-9-18(13)28-14(2)12-27-20-17(25-26-27)7-8-19(24-20)23-16-5-3-15(21)4-6-16/h3-11H,2,12H2,1H3,(H,23,24). The lowest BCUT2D eigenvalue weighted by molar-refractivity contribution is 0.672. The number of rotatable bonds is 6. The zero-order valence-electron chi connectivity index (χ0n) is 15.1. The first-order chi connectivity index (χ1) is 13.6. The predicted octanol–water partition coefficient (Wildman–Crippen LogP) is 5.23. The molecule has 0 aliphatic rings. The van der Waals surface area contributed by atoms with Gasteiger partial charge in [-0.15, -0.1) is 5.10 Å². The van der Waals surface area contributed by atoms with Gasteiger partial charge >= 0.3 is 0 Å². The van der Waals surface area contributed by atoms with Gasteiger partial charge in [0.2, 0.25) is 0 Å². The summed E-state index contributed by atoms with van der Waals surface area (Å²) in [6, 6.07) is 13.2. The molecule has 0 unspecified atom stereocenters. The van der Waals surface area contributed by atoms with Crippen molar-refractivity contribution in [2.75, 3.05) is 5.32 Å². The number of hydrogen-bond donors (Lipinski definition) is 1. The highest BCUT2D eigenvalue weighted by molar-refractivity contribution is 8.03. The molecule has 0 saturated heterocycles. The van der Waals surface area contributed by atoms with Gasteiger partial charge in [0.25, 0.3) is 0 Å². The van der Waals surface area contributed by atoms with Crippen LogP contribution in [0.5, 0.6) is 0 Å². The van der Waals surface area contributed by atoms with Crippen LogP contribution in [0.25, 0.3) is 11.2 Å². The van der Waals surface area contributed by atoms with E-state index in [9.17, 15) is 0 Å². The summed E-state index contributed by atoms with van der Waals surface area (Å²) in [4.78, 5) is 10.9. The van der Waals surface area contributed by atoms with Crippen LogP contribution in [0.3, 0.4) is 0 Å². The zero-order chi connectivity index (χ0) is 19.5. The summed E-state index contributed by atoms with van der Waals surface area (Å²) in [7, 11) is 0. The lowest BCUT2D eigenvalue weighted by Gasteiger charge is -2.09. The van der Waals surface area contributed by atoms with Crippen molar-refractivity contribution in [2.45, 2.75) is 18.4 Å². The van der Waals surface area contributed by atoms with E-state index in [-0.39, 0.29) is 0 Å². The highest BCUT2D eigenvalue weighted by Gasteiger charge is 2.10. The molecule has 6 nitrogen and oxygen atoms in total. The fourth-order valence-corrected chi connectivity index (χ4v) is 3.61. The van der Waals surface area contributed by atoms with Crippen LogP contribution < -0.4 is 5.32 Å². The summed E-state index contributed by atoms with van der Waals surface area (Å²) in [6.07, 6.45) is 3.63. The first-order valence-corrected chi connectivity index (χ1v) is 9.77. The molecule has 0 radical (unpaired) electrons. The number of aryl methyl sites for hydroxylation is 1. The molecule has 4 aromatic rings. The summed E-state index contributed by atoms with van der Waals surface area (Å²) in [5, 5.41) is 12.4. The summed E-state index contributed by atoms with van der Waals surface area (Å²) in [5.74, 6) is 0.710. The van der Waals surface area contributed by atoms with Gasteiger partial charge in [0.1, 0.15) is 11.3 Å². The molecule has 28 heavy (non-hydrogen) atoms. The van der Waals surface area contributed by atoms with Gasteiger partial charge < -0.3 is 5.32 Å². The van der Waals surface area contributed by atoms with Crippen LogP contribution in [0.15, 0.2) is 71.2 Å². The smallest absolute Gasteiger partial charge is 0.180 e. The molecule has 0 saturated carbocycles. The van der Waals surface area contributed by atoms with Gasteiger partial charge in [0, 0.05) is 32.9 Å². The van der Waals surface area contributed by atoms with E-state index in [0.29, 0.717) is 23.0 Å². The first-order valence-electron chi connectivity index (χ1n) is 8.57. The van der Waals surface area contributed by atoms with Crippen LogP contribution >= 0.6 is 23.4 Å². The number of hydrogen-bond acceptors (Lipinski definition) is 6. The number of halogens is 1. The Bertz CT molecular complexity index is 1140. The zero-order valence-corrected chi connectivity index (χ0v) is 16.7. The lowest BCUT2D eigenvalue weighted by Crippen LogP contribution is -2.03. The minimum absolute atomic E-state index is 0.514. The molecule has 1 N–H and O–H groups in total. The van der Waals surface area contributed by atoms with E-state index < -0.39 is 0 Å². The number of fused-ring (bicyclic) bond motifs is 1.